The predicted octanol–water partition coefficient (Wildman–Crippen LogP) is 2.96. The first-order valence-electron chi connectivity index (χ1n) is 7.24. The maximum atomic E-state index is 13.0. The highest BCUT2D eigenvalue weighted by atomic mass is 32.2. The predicted molar refractivity (Wildman–Crippen MR) is 94.1 cm³/mol. The number of nitrogens with zero attached hydrogens (tertiary/aromatic N) is 3. The Kier molecular flexibility index (Phi) is 4.60. The van der Waals surface area contributed by atoms with Gasteiger partial charge in [-0.3, -0.25) is 4.98 Å². The number of carboxylic acid groups (broad SMARTS) is 1. The minimum Gasteiger partial charge on any atom is -0.465 e. The Morgan fingerprint density at radius 2 is 2.16 bits per heavy atom. The highest BCUT2D eigenvalue weighted by Crippen LogP contribution is 2.30. The maximum Gasteiger partial charge on any atom is 0.407 e. The van der Waals surface area contributed by atoms with Crippen LogP contribution in [0, 0.1) is 0 Å². The SMILES string of the molecule is CN(Cc1cc(-c2cccs2)n(S(=O)(=O)c2cccnc2)c1)C(=O)O. The molecule has 0 atom stereocenters. The van der Waals surface area contributed by atoms with Crippen molar-refractivity contribution >= 4 is 27.5 Å². The molecule has 0 bridgehead atoms. The molecule has 0 spiro atoms. The summed E-state index contributed by atoms with van der Waals surface area (Å²) in [5.74, 6) is 0. The van der Waals surface area contributed by atoms with Gasteiger partial charge in [-0.15, -0.1) is 11.3 Å². The van der Waals surface area contributed by atoms with E-state index >= 15 is 0 Å². The molecule has 0 aliphatic heterocycles. The third-order valence-corrected chi connectivity index (χ3v) is 6.10. The topological polar surface area (TPSA) is 92.5 Å². The van der Waals surface area contributed by atoms with Crippen molar-refractivity contribution in [3.8, 4) is 10.6 Å². The zero-order valence-corrected chi connectivity index (χ0v) is 14.9. The van der Waals surface area contributed by atoms with Crippen LogP contribution < -0.4 is 0 Å². The van der Waals surface area contributed by atoms with Gasteiger partial charge in [-0.05, 0) is 35.2 Å². The normalized spacial score (nSPS) is 11.4. The first-order chi connectivity index (χ1) is 11.9. The van der Waals surface area contributed by atoms with Crippen LogP contribution in [0.3, 0.4) is 0 Å². The number of rotatable bonds is 5. The van der Waals surface area contributed by atoms with Crippen molar-refractivity contribution in [1.29, 1.82) is 0 Å². The van der Waals surface area contributed by atoms with Gasteiger partial charge in [-0.25, -0.2) is 17.2 Å². The Balaban J connectivity index is 2.11. The number of carbonyl (C=O) groups is 1. The molecule has 0 aliphatic rings. The molecular formula is C16H15N3O4S2. The third-order valence-electron chi connectivity index (χ3n) is 3.55. The van der Waals surface area contributed by atoms with Crippen molar-refractivity contribution in [1.82, 2.24) is 13.9 Å². The molecule has 0 aliphatic carbocycles. The van der Waals surface area contributed by atoms with Crippen LogP contribution in [0.25, 0.3) is 10.6 Å². The summed E-state index contributed by atoms with van der Waals surface area (Å²) in [6, 6.07) is 8.38. The van der Waals surface area contributed by atoms with E-state index in [4.69, 9.17) is 5.11 Å². The van der Waals surface area contributed by atoms with Gasteiger partial charge >= 0.3 is 6.09 Å². The zero-order valence-electron chi connectivity index (χ0n) is 13.2. The standard InChI is InChI=1S/C16H15N3O4S2/c1-18(16(20)21)10-12-8-14(15-5-3-7-24-15)19(11-12)25(22,23)13-4-2-6-17-9-13/h2-9,11H,10H2,1H3,(H,20,21). The summed E-state index contributed by atoms with van der Waals surface area (Å²) in [6.45, 7) is 0.0866. The minimum atomic E-state index is -3.84. The zero-order chi connectivity index (χ0) is 18.0. The fraction of sp³-hybridized carbons (Fsp3) is 0.125. The van der Waals surface area contributed by atoms with Crippen molar-refractivity contribution in [2.24, 2.45) is 0 Å². The Labute approximate surface area is 148 Å². The number of hydrogen-bond donors (Lipinski definition) is 1. The van der Waals surface area contributed by atoms with Crippen LogP contribution in [-0.2, 0) is 16.6 Å². The minimum absolute atomic E-state index is 0.0709. The number of thiophene rings is 1. The van der Waals surface area contributed by atoms with Crippen LogP contribution in [0.2, 0.25) is 0 Å². The van der Waals surface area contributed by atoms with Crippen LogP contribution in [-0.4, -0.2) is 40.5 Å². The van der Waals surface area contributed by atoms with Gasteiger partial charge in [0.05, 0.1) is 17.1 Å². The molecule has 3 aromatic heterocycles. The highest BCUT2D eigenvalue weighted by Gasteiger charge is 2.23. The van der Waals surface area contributed by atoms with E-state index in [9.17, 15) is 13.2 Å². The molecule has 0 fully saturated rings. The van der Waals surface area contributed by atoms with E-state index in [0.29, 0.717) is 11.3 Å². The van der Waals surface area contributed by atoms with E-state index in [-0.39, 0.29) is 11.4 Å². The second kappa shape index (κ2) is 6.69. The molecule has 9 heteroatoms. The molecule has 0 unspecified atom stereocenters. The summed E-state index contributed by atoms with van der Waals surface area (Å²) in [5, 5.41) is 10.9. The summed E-state index contributed by atoms with van der Waals surface area (Å²) in [4.78, 5) is 16.8. The van der Waals surface area contributed by atoms with Crippen molar-refractivity contribution in [3.05, 3.63) is 59.9 Å². The van der Waals surface area contributed by atoms with E-state index in [2.05, 4.69) is 4.98 Å². The van der Waals surface area contributed by atoms with Crippen molar-refractivity contribution in [2.45, 2.75) is 11.4 Å². The summed E-state index contributed by atoms with van der Waals surface area (Å²) >= 11 is 1.41. The lowest BCUT2D eigenvalue weighted by atomic mass is 10.3. The fourth-order valence-corrected chi connectivity index (χ4v) is 4.49. The van der Waals surface area contributed by atoms with Crippen LogP contribution in [0.15, 0.2) is 59.2 Å². The fourth-order valence-electron chi connectivity index (χ4n) is 2.34. The Morgan fingerprint density at radius 1 is 1.36 bits per heavy atom. The Hall–Kier alpha value is -2.65. The summed E-state index contributed by atoms with van der Waals surface area (Å²) < 4.78 is 27.1. The van der Waals surface area contributed by atoms with Crippen LogP contribution >= 0.6 is 11.3 Å². The van der Waals surface area contributed by atoms with Crippen molar-refractivity contribution in [2.75, 3.05) is 7.05 Å². The van der Waals surface area contributed by atoms with E-state index < -0.39 is 16.1 Å². The van der Waals surface area contributed by atoms with Gasteiger partial charge in [-0.2, -0.15) is 0 Å². The first kappa shape index (κ1) is 17.2. The van der Waals surface area contributed by atoms with Gasteiger partial charge in [0.2, 0.25) is 0 Å². The lowest BCUT2D eigenvalue weighted by Crippen LogP contribution is -2.23. The molecule has 1 N–H and O–H groups in total. The molecule has 3 heterocycles. The van der Waals surface area contributed by atoms with Crippen LogP contribution in [0.4, 0.5) is 4.79 Å². The average molecular weight is 377 g/mol. The molecule has 0 radical (unpaired) electrons. The van der Waals surface area contributed by atoms with Gasteiger partial charge in [0.15, 0.2) is 0 Å². The molecule has 3 aromatic rings. The molecule has 0 aromatic carbocycles. The molecule has 3 rings (SSSR count). The van der Waals surface area contributed by atoms with E-state index in [1.807, 2.05) is 17.5 Å². The monoisotopic (exact) mass is 377 g/mol. The highest BCUT2D eigenvalue weighted by molar-refractivity contribution is 7.90. The van der Waals surface area contributed by atoms with Gasteiger partial charge in [0.1, 0.15) is 4.90 Å². The summed E-state index contributed by atoms with van der Waals surface area (Å²) in [5.41, 5.74) is 1.08. The smallest absolute Gasteiger partial charge is 0.407 e. The van der Waals surface area contributed by atoms with Crippen LogP contribution in [0.5, 0.6) is 0 Å². The second-order valence-corrected chi connectivity index (χ2v) is 8.10. The number of amides is 1. The largest absolute Gasteiger partial charge is 0.465 e. The molecule has 1 amide bonds. The van der Waals surface area contributed by atoms with Crippen molar-refractivity contribution < 1.29 is 18.3 Å². The van der Waals surface area contributed by atoms with Gasteiger partial charge in [0, 0.05) is 25.6 Å². The van der Waals surface area contributed by atoms with E-state index in [1.165, 1.54) is 47.0 Å². The number of aromatic nitrogens is 2. The lowest BCUT2D eigenvalue weighted by molar-refractivity contribution is 0.154. The first-order valence-corrected chi connectivity index (χ1v) is 9.56. The molecule has 0 saturated heterocycles. The second-order valence-electron chi connectivity index (χ2n) is 5.34. The van der Waals surface area contributed by atoms with Gasteiger partial charge in [0.25, 0.3) is 10.0 Å². The summed E-state index contributed by atoms with van der Waals surface area (Å²) in [7, 11) is -2.41. The number of pyridine rings is 1. The maximum absolute atomic E-state index is 13.0. The lowest BCUT2D eigenvalue weighted by Gasteiger charge is -2.11. The van der Waals surface area contributed by atoms with Crippen LogP contribution in [0.1, 0.15) is 5.56 Å². The third kappa shape index (κ3) is 3.42. The van der Waals surface area contributed by atoms with Crippen molar-refractivity contribution in [3.63, 3.8) is 0 Å². The van der Waals surface area contributed by atoms with E-state index in [0.717, 1.165) is 9.78 Å². The molecule has 0 saturated carbocycles. The quantitative estimate of drug-likeness (QED) is 0.738. The summed E-state index contributed by atoms with van der Waals surface area (Å²) in [6.07, 6.45) is 3.16. The van der Waals surface area contributed by atoms with Gasteiger partial charge in [-0.1, -0.05) is 6.07 Å². The Bertz CT molecular complexity index is 980. The average Bonchev–Trinajstić information content (AvgIpc) is 3.24. The molecule has 130 valence electrons. The van der Waals surface area contributed by atoms with E-state index in [1.54, 1.807) is 12.1 Å². The molecule has 7 nitrogen and oxygen atoms in total. The Morgan fingerprint density at radius 3 is 2.76 bits per heavy atom. The van der Waals surface area contributed by atoms with Gasteiger partial charge < -0.3 is 10.0 Å². The number of hydrogen-bond acceptors (Lipinski definition) is 5. The molecule has 25 heavy (non-hydrogen) atoms. The molecular weight excluding hydrogens is 362 g/mol.